The number of aliphatic hydroxyl groups excluding tert-OH is 1. The third-order valence-electron chi connectivity index (χ3n) is 3.79. The number of likely N-dealkylation sites (N-methyl/N-ethyl adjacent to an activating group) is 1. The van der Waals surface area contributed by atoms with E-state index in [2.05, 4.69) is 17.4 Å². The Balaban J connectivity index is 1.75. The fourth-order valence-corrected chi connectivity index (χ4v) is 2.80. The Kier molecular flexibility index (Phi) is 6.49. The van der Waals surface area contributed by atoms with E-state index in [9.17, 15) is 5.11 Å². The van der Waals surface area contributed by atoms with Crippen molar-refractivity contribution in [3.05, 3.63) is 29.8 Å². The maximum absolute atomic E-state index is 9.81. The first-order valence-corrected chi connectivity index (χ1v) is 7.92. The van der Waals surface area contributed by atoms with Crippen LogP contribution in [0, 0.1) is 0 Å². The molecule has 1 aliphatic carbocycles. The summed E-state index contributed by atoms with van der Waals surface area (Å²) in [6, 6.07) is 8.26. The van der Waals surface area contributed by atoms with Crippen molar-refractivity contribution in [3.63, 3.8) is 0 Å². The van der Waals surface area contributed by atoms with E-state index in [1.807, 2.05) is 31.1 Å². The Morgan fingerprint density at radius 3 is 2.81 bits per heavy atom. The van der Waals surface area contributed by atoms with Crippen LogP contribution in [0.2, 0.25) is 0 Å². The second-order valence-electron chi connectivity index (χ2n) is 6.22. The third-order valence-corrected chi connectivity index (χ3v) is 3.79. The summed E-state index contributed by atoms with van der Waals surface area (Å²) in [4.78, 5) is 1.99. The molecule has 2 N–H and O–H groups in total. The molecule has 0 spiro atoms. The lowest BCUT2D eigenvalue weighted by atomic mass is 10.2. The van der Waals surface area contributed by atoms with Crippen molar-refractivity contribution in [2.75, 3.05) is 27.2 Å². The maximum atomic E-state index is 9.81. The van der Waals surface area contributed by atoms with Gasteiger partial charge in [-0.05, 0) is 57.5 Å². The highest BCUT2D eigenvalue weighted by molar-refractivity contribution is 5.28. The molecule has 4 nitrogen and oxygen atoms in total. The Morgan fingerprint density at radius 2 is 2.10 bits per heavy atom. The number of hydrogen-bond donors (Lipinski definition) is 2. The summed E-state index contributed by atoms with van der Waals surface area (Å²) < 4.78 is 6.01. The molecule has 0 aliphatic heterocycles. The van der Waals surface area contributed by atoms with Gasteiger partial charge in [0.2, 0.25) is 0 Å². The van der Waals surface area contributed by atoms with Gasteiger partial charge in [-0.15, -0.1) is 0 Å². The highest BCUT2D eigenvalue weighted by atomic mass is 16.5. The van der Waals surface area contributed by atoms with Crippen LogP contribution < -0.4 is 10.1 Å². The van der Waals surface area contributed by atoms with E-state index in [0.717, 1.165) is 12.3 Å². The number of rotatable bonds is 8. The van der Waals surface area contributed by atoms with Crippen LogP contribution in [0.15, 0.2) is 24.3 Å². The Bertz CT molecular complexity index is 417. The van der Waals surface area contributed by atoms with Gasteiger partial charge in [0, 0.05) is 19.6 Å². The van der Waals surface area contributed by atoms with E-state index in [4.69, 9.17) is 4.74 Å². The van der Waals surface area contributed by atoms with Crippen molar-refractivity contribution in [1.29, 1.82) is 0 Å². The summed E-state index contributed by atoms with van der Waals surface area (Å²) in [5, 5.41) is 13.1. The smallest absolute Gasteiger partial charge is 0.120 e. The average Bonchev–Trinajstić information content (AvgIpc) is 2.91. The Morgan fingerprint density at radius 1 is 1.33 bits per heavy atom. The molecule has 4 heteroatoms. The van der Waals surface area contributed by atoms with E-state index in [0.29, 0.717) is 19.2 Å². The van der Waals surface area contributed by atoms with Gasteiger partial charge < -0.3 is 20.1 Å². The number of aliphatic hydroxyl groups is 1. The summed E-state index contributed by atoms with van der Waals surface area (Å²) >= 11 is 0. The van der Waals surface area contributed by atoms with Gasteiger partial charge in [-0.3, -0.25) is 0 Å². The van der Waals surface area contributed by atoms with Crippen LogP contribution in [-0.2, 0) is 6.54 Å². The molecule has 1 aliphatic rings. The predicted octanol–water partition coefficient (Wildman–Crippen LogP) is 2.02. The van der Waals surface area contributed by atoms with Crippen molar-refractivity contribution in [3.8, 4) is 5.75 Å². The minimum Gasteiger partial charge on any atom is -0.490 e. The lowest BCUT2D eigenvalue weighted by Gasteiger charge is -2.17. The van der Waals surface area contributed by atoms with Gasteiger partial charge in [-0.25, -0.2) is 0 Å². The van der Waals surface area contributed by atoms with Crippen molar-refractivity contribution < 1.29 is 9.84 Å². The zero-order valence-electron chi connectivity index (χ0n) is 13.2. The summed E-state index contributed by atoms with van der Waals surface area (Å²) in [6.07, 6.45) is 5.00. The molecule has 118 valence electrons. The molecule has 2 rings (SSSR count). The van der Waals surface area contributed by atoms with Gasteiger partial charge in [0.1, 0.15) is 5.75 Å². The minimum atomic E-state index is -0.335. The van der Waals surface area contributed by atoms with Crippen LogP contribution in [0.25, 0.3) is 0 Å². The van der Waals surface area contributed by atoms with Crippen LogP contribution in [0.1, 0.15) is 31.2 Å². The molecule has 21 heavy (non-hydrogen) atoms. The fraction of sp³-hybridized carbons (Fsp3) is 0.647. The number of hydrogen-bond acceptors (Lipinski definition) is 4. The van der Waals surface area contributed by atoms with E-state index in [1.54, 1.807) is 0 Å². The van der Waals surface area contributed by atoms with Gasteiger partial charge in [0.15, 0.2) is 0 Å². The van der Waals surface area contributed by atoms with Crippen LogP contribution >= 0.6 is 0 Å². The molecule has 0 aromatic heterocycles. The molecule has 1 saturated carbocycles. The average molecular weight is 292 g/mol. The SMILES string of the molecule is CN(C)CC(O)CNCc1cccc(OC2CCCC2)c1. The normalized spacial score (nSPS) is 17.3. The molecule has 1 fully saturated rings. The standard InChI is InChI=1S/C17H28N2O2/c1-19(2)13-15(20)12-18-11-14-6-5-9-17(10-14)21-16-7-3-4-8-16/h5-6,9-10,15-16,18,20H,3-4,7-8,11-13H2,1-2H3. The highest BCUT2D eigenvalue weighted by Gasteiger charge is 2.16. The molecule has 0 saturated heterocycles. The predicted molar refractivity (Wildman–Crippen MR) is 85.6 cm³/mol. The van der Waals surface area contributed by atoms with Crippen molar-refractivity contribution in [2.24, 2.45) is 0 Å². The summed E-state index contributed by atoms with van der Waals surface area (Å²) in [6.45, 7) is 2.04. The summed E-state index contributed by atoms with van der Waals surface area (Å²) in [7, 11) is 3.93. The van der Waals surface area contributed by atoms with E-state index in [1.165, 1.54) is 31.2 Å². The molecule has 0 radical (unpaired) electrons. The second kappa shape index (κ2) is 8.37. The van der Waals surface area contributed by atoms with Gasteiger partial charge in [-0.2, -0.15) is 0 Å². The van der Waals surface area contributed by atoms with Crippen LogP contribution in [-0.4, -0.2) is 49.4 Å². The number of nitrogens with one attached hydrogen (secondary N) is 1. The van der Waals surface area contributed by atoms with E-state index < -0.39 is 0 Å². The van der Waals surface area contributed by atoms with E-state index >= 15 is 0 Å². The molecule has 1 aromatic carbocycles. The minimum absolute atomic E-state index is 0.335. The molecule has 1 atom stereocenters. The van der Waals surface area contributed by atoms with Gasteiger partial charge in [-0.1, -0.05) is 12.1 Å². The second-order valence-corrected chi connectivity index (χ2v) is 6.22. The van der Waals surface area contributed by atoms with E-state index in [-0.39, 0.29) is 6.10 Å². The third kappa shape index (κ3) is 6.04. The summed E-state index contributed by atoms with van der Waals surface area (Å²) in [5.41, 5.74) is 1.20. The van der Waals surface area contributed by atoms with Gasteiger partial charge in [0.25, 0.3) is 0 Å². The lowest BCUT2D eigenvalue weighted by Crippen LogP contribution is -2.34. The molecule has 0 heterocycles. The van der Waals surface area contributed by atoms with Crippen LogP contribution in [0.4, 0.5) is 0 Å². The van der Waals surface area contributed by atoms with Crippen molar-refractivity contribution in [2.45, 2.75) is 44.4 Å². The van der Waals surface area contributed by atoms with Crippen LogP contribution in [0.3, 0.4) is 0 Å². The number of ether oxygens (including phenoxy) is 1. The van der Waals surface area contributed by atoms with Crippen molar-refractivity contribution >= 4 is 0 Å². The quantitative estimate of drug-likeness (QED) is 0.769. The molecule has 1 unspecified atom stereocenters. The lowest BCUT2D eigenvalue weighted by molar-refractivity contribution is 0.134. The fourth-order valence-electron chi connectivity index (χ4n) is 2.80. The Hall–Kier alpha value is -1.10. The molecule has 0 amide bonds. The Labute approximate surface area is 128 Å². The number of nitrogens with zero attached hydrogens (tertiary/aromatic N) is 1. The molecule has 0 bridgehead atoms. The monoisotopic (exact) mass is 292 g/mol. The van der Waals surface area contributed by atoms with Gasteiger partial charge >= 0.3 is 0 Å². The van der Waals surface area contributed by atoms with Crippen LogP contribution in [0.5, 0.6) is 5.75 Å². The highest BCUT2D eigenvalue weighted by Crippen LogP contribution is 2.24. The summed E-state index contributed by atoms with van der Waals surface area (Å²) in [5.74, 6) is 0.968. The topological polar surface area (TPSA) is 44.7 Å². The molecular weight excluding hydrogens is 264 g/mol. The first kappa shape index (κ1) is 16.3. The largest absolute Gasteiger partial charge is 0.490 e. The van der Waals surface area contributed by atoms with Gasteiger partial charge in [0.05, 0.1) is 12.2 Å². The van der Waals surface area contributed by atoms with Crippen molar-refractivity contribution in [1.82, 2.24) is 10.2 Å². The first-order chi connectivity index (χ1) is 10.1. The first-order valence-electron chi connectivity index (χ1n) is 7.92. The maximum Gasteiger partial charge on any atom is 0.120 e. The molecular formula is C17H28N2O2. The number of benzene rings is 1. The zero-order chi connectivity index (χ0) is 15.1. The molecule has 1 aromatic rings. The zero-order valence-corrected chi connectivity index (χ0v) is 13.2.